The van der Waals surface area contributed by atoms with Crippen LogP contribution in [0.5, 0.6) is 0 Å². The van der Waals surface area contributed by atoms with Gasteiger partial charge in [-0.05, 0) is 54.6 Å². The van der Waals surface area contributed by atoms with Gasteiger partial charge in [-0.2, -0.15) is 0 Å². The lowest BCUT2D eigenvalue weighted by Gasteiger charge is -2.10. The molecule has 0 saturated heterocycles. The normalized spacial score (nSPS) is 10.8. The highest BCUT2D eigenvalue weighted by Gasteiger charge is 2.06. The quantitative estimate of drug-likeness (QED) is 0.140. The van der Waals surface area contributed by atoms with E-state index in [1.54, 1.807) is 30.3 Å². The van der Waals surface area contributed by atoms with Gasteiger partial charge in [0.2, 0.25) is 0 Å². The minimum Gasteiger partial charge on any atom is -0.396 e. The maximum absolute atomic E-state index is 14.3. The maximum atomic E-state index is 14.3. The van der Waals surface area contributed by atoms with E-state index < -0.39 is 11.6 Å². The Morgan fingerprint density at radius 2 is 1.24 bits per heavy atom. The Morgan fingerprint density at radius 1 is 0.724 bits per heavy atom. The van der Waals surface area contributed by atoms with Crippen molar-refractivity contribution < 1.29 is 13.2 Å². The molecule has 3 rings (SSSR count). The molecule has 0 aliphatic carbocycles. The summed E-state index contributed by atoms with van der Waals surface area (Å²) in [4.78, 5) is 1.95. The van der Waals surface area contributed by atoms with Crippen LogP contribution in [-0.4, -0.2) is 11.8 Å². The molecule has 0 aliphatic rings. The Balaban J connectivity index is 1.49. The van der Waals surface area contributed by atoms with E-state index in [1.807, 2.05) is 0 Å². The molecule has 29 heavy (non-hydrogen) atoms. The third-order valence-electron chi connectivity index (χ3n) is 3.87. The Labute approximate surface area is 181 Å². The van der Waals surface area contributed by atoms with Gasteiger partial charge in [-0.1, -0.05) is 0 Å². The van der Waals surface area contributed by atoms with Crippen LogP contribution in [0.2, 0.25) is 0 Å². The first-order valence-electron chi connectivity index (χ1n) is 8.49. The highest BCUT2D eigenvalue weighted by molar-refractivity contribution is 7.99. The highest BCUT2D eigenvalue weighted by Crippen LogP contribution is 2.27. The van der Waals surface area contributed by atoms with E-state index in [-0.39, 0.29) is 11.5 Å². The summed E-state index contributed by atoms with van der Waals surface area (Å²) in [5, 5.41) is 5.93. The monoisotopic (exact) mass is 453 g/mol. The number of nitrogens with two attached hydrogens (primary N) is 1. The van der Waals surface area contributed by atoms with Crippen molar-refractivity contribution in [3.8, 4) is 0 Å². The molecule has 0 aliphatic heterocycles. The zero-order valence-corrected chi connectivity index (χ0v) is 17.6. The van der Waals surface area contributed by atoms with E-state index in [2.05, 4.69) is 23.3 Å². The molecule has 0 radical (unpaired) electrons. The SMILES string of the molecule is Nc1ccc(SCNc2ccc(SCNc3ccc(S)cc3F)cc2F)cc1F. The summed E-state index contributed by atoms with van der Waals surface area (Å²) in [6, 6.07) is 14.0. The first-order valence-corrected chi connectivity index (χ1v) is 10.9. The highest BCUT2D eigenvalue weighted by atomic mass is 32.2. The van der Waals surface area contributed by atoms with Gasteiger partial charge in [0, 0.05) is 14.7 Å². The van der Waals surface area contributed by atoms with Crippen LogP contribution in [0.15, 0.2) is 69.3 Å². The summed E-state index contributed by atoms with van der Waals surface area (Å²) in [6.07, 6.45) is 0. The van der Waals surface area contributed by atoms with Crippen LogP contribution >= 0.6 is 36.2 Å². The second-order valence-electron chi connectivity index (χ2n) is 5.92. The molecule has 3 nitrogen and oxygen atoms in total. The van der Waals surface area contributed by atoms with Gasteiger partial charge in [-0.25, -0.2) is 13.2 Å². The zero-order valence-electron chi connectivity index (χ0n) is 15.1. The summed E-state index contributed by atoms with van der Waals surface area (Å²) in [7, 11) is 0. The Morgan fingerprint density at radius 3 is 1.79 bits per heavy atom. The van der Waals surface area contributed by atoms with Gasteiger partial charge in [-0.3, -0.25) is 0 Å². The molecule has 3 aromatic rings. The lowest BCUT2D eigenvalue weighted by atomic mass is 10.3. The smallest absolute Gasteiger partial charge is 0.147 e. The van der Waals surface area contributed by atoms with Crippen LogP contribution < -0.4 is 16.4 Å². The average Bonchev–Trinajstić information content (AvgIpc) is 2.68. The molecule has 0 saturated carbocycles. The summed E-state index contributed by atoms with van der Waals surface area (Å²) in [6.45, 7) is 0. The molecular formula is C20H18F3N3S3. The van der Waals surface area contributed by atoms with Crippen LogP contribution in [-0.2, 0) is 0 Å². The number of nitrogens with one attached hydrogen (secondary N) is 2. The fourth-order valence-corrected chi connectivity index (χ4v) is 4.05. The Hall–Kier alpha value is -2.10. The number of thiol groups is 1. The predicted molar refractivity (Wildman–Crippen MR) is 120 cm³/mol. The predicted octanol–water partition coefficient (Wildman–Crippen LogP) is 6.30. The maximum Gasteiger partial charge on any atom is 0.147 e. The van der Waals surface area contributed by atoms with Gasteiger partial charge in [0.1, 0.15) is 17.5 Å². The van der Waals surface area contributed by atoms with Crippen molar-refractivity contribution in [2.75, 3.05) is 28.1 Å². The number of hydrogen-bond donors (Lipinski definition) is 4. The number of benzene rings is 3. The van der Waals surface area contributed by atoms with Gasteiger partial charge < -0.3 is 16.4 Å². The first kappa shape index (κ1) is 21.6. The molecule has 0 atom stereocenters. The number of halogens is 3. The number of hydrogen-bond acceptors (Lipinski definition) is 6. The summed E-state index contributed by atoms with van der Waals surface area (Å²) < 4.78 is 41.5. The van der Waals surface area contributed by atoms with Crippen LogP contribution in [0, 0.1) is 17.5 Å². The Kier molecular flexibility index (Phi) is 7.51. The van der Waals surface area contributed by atoms with Crippen LogP contribution in [0.3, 0.4) is 0 Å². The number of anilines is 3. The van der Waals surface area contributed by atoms with Crippen molar-refractivity contribution in [1.82, 2.24) is 0 Å². The molecule has 0 unspecified atom stereocenters. The molecule has 0 heterocycles. The van der Waals surface area contributed by atoms with Crippen LogP contribution in [0.25, 0.3) is 0 Å². The molecule has 0 amide bonds. The fourth-order valence-electron chi connectivity index (χ4n) is 2.37. The van der Waals surface area contributed by atoms with Gasteiger partial charge >= 0.3 is 0 Å². The van der Waals surface area contributed by atoms with Crippen LogP contribution in [0.1, 0.15) is 0 Å². The second kappa shape index (κ2) is 10.1. The van der Waals surface area contributed by atoms with E-state index >= 15 is 0 Å². The van der Waals surface area contributed by atoms with Crippen molar-refractivity contribution >= 4 is 53.2 Å². The summed E-state index contributed by atoms with van der Waals surface area (Å²) >= 11 is 6.77. The van der Waals surface area contributed by atoms with Gasteiger partial charge in [0.15, 0.2) is 0 Å². The van der Waals surface area contributed by atoms with Gasteiger partial charge in [0.25, 0.3) is 0 Å². The van der Waals surface area contributed by atoms with Gasteiger partial charge in [0.05, 0.1) is 28.8 Å². The largest absolute Gasteiger partial charge is 0.396 e. The van der Waals surface area contributed by atoms with E-state index in [0.29, 0.717) is 37.8 Å². The first-order chi connectivity index (χ1) is 13.9. The van der Waals surface area contributed by atoms with Gasteiger partial charge in [-0.15, -0.1) is 36.2 Å². The fraction of sp³-hybridized carbons (Fsp3) is 0.100. The van der Waals surface area contributed by atoms with Crippen molar-refractivity contribution in [1.29, 1.82) is 0 Å². The second-order valence-corrected chi connectivity index (χ2v) is 8.53. The van der Waals surface area contributed by atoms with Crippen molar-refractivity contribution in [3.05, 3.63) is 72.0 Å². The standard InChI is InChI=1S/C20H18F3N3S3/c21-15-8-13(2-4-18(15)24)28-11-26-20-6-3-14(9-17(20)23)29-10-25-19-5-1-12(27)7-16(19)22/h1-9,25-27H,10-11,24H2. The van der Waals surface area contributed by atoms with Crippen molar-refractivity contribution in [2.45, 2.75) is 14.7 Å². The van der Waals surface area contributed by atoms with Crippen molar-refractivity contribution in [2.24, 2.45) is 0 Å². The lowest BCUT2D eigenvalue weighted by molar-refractivity contribution is 0.627. The number of thioether (sulfide) groups is 2. The number of nitrogen functional groups attached to an aromatic ring is 1. The summed E-state index contributed by atoms with van der Waals surface area (Å²) in [5.74, 6) is -0.507. The molecule has 0 aromatic heterocycles. The zero-order chi connectivity index (χ0) is 20.8. The third-order valence-corrected chi connectivity index (χ3v) is 5.90. The van der Waals surface area contributed by atoms with Crippen molar-refractivity contribution in [3.63, 3.8) is 0 Å². The molecule has 0 bridgehead atoms. The molecule has 152 valence electrons. The average molecular weight is 454 g/mol. The molecule has 0 spiro atoms. The third kappa shape index (κ3) is 6.19. The summed E-state index contributed by atoms with van der Waals surface area (Å²) in [5.41, 5.74) is 6.25. The minimum absolute atomic E-state index is 0.0948. The molecule has 0 fully saturated rings. The molecule has 9 heteroatoms. The topological polar surface area (TPSA) is 50.1 Å². The molecular weight excluding hydrogens is 435 g/mol. The number of rotatable bonds is 8. The molecule has 4 N–H and O–H groups in total. The minimum atomic E-state index is -0.474. The van der Waals surface area contributed by atoms with Crippen LogP contribution in [0.4, 0.5) is 30.2 Å². The van der Waals surface area contributed by atoms with E-state index in [9.17, 15) is 13.2 Å². The Bertz CT molecular complexity index is 1000. The van der Waals surface area contributed by atoms with E-state index in [4.69, 9.17) is 5.73 Å². The van der Waals surface area contributed by atoms with E-state index in [1.165, 1.54) is 47.8 Å². The van der Waals surface area contributed by atoms with E-state index in [0.717, 1.165) is 0 Å². The molecule has 3 aromatic carbocycles. The lowest BCUT2D eigenvalue weighted by Crippen LogP contribution is -2.01.